The van der Waals surface area contributed by atoms with Gasteiger partial charge in [0.1, 0.15) is 0 Å². The molecule has 0 aromatic heterocycles. The normalized spacial score (nSPS) is 16.8. The molecule has 1 heteroatoms. The van der Waals surface area contributed by atoms with Crippen molar-refractivity contribution in [2.24, 2.45) is 0 Å². The summed E-state index contributed by atoms with van der Waals surface area (Å²) >= 11 is 0. The highest BCUT2D eigenvalue weighted by Gasteiger charge is 1.99. The van der Waals surface area contributed by atoms with Crippen LogP contribution in [0.1, 0.15) is 19.8 Å². The van der Waals surface area contributed by atoms with E-state index in [-0.39, 0.29) is 0 Å². The van der Waals surface area contributed by atoms with Crippen molar-refractivity contribution in [1.82, 2.24) is 5.32 Å². The molecule has 0 aromatic rings. The maximum atomic E-state index is 3.84. The van der Waals surface area contributed by atoms with Crippen molar-refractivity contribution in [2.45, 2.75) is 19.8 Å². The van der Waals surface area contributed by atoms with Gasteiger partial charge in [-0.05, 0) is 37.0 Å². The smallest absolute Gasteiger partial charge is 0.0264 e. The summed E-state index contributed by atoms with van der Waals surface area (Å²) in [5.74, 6) is 0. The Balaban J connectivity index is 2.63. The van der Waals surface area contributed by atoms with E-state index in [1.165, 1.54) is 17.6 Å². The van der Waals surface area contributed by atoms with Crippen LogP contribution < -0.4 is 5.32 Å². The van der Waals surface area contributed by atoms with Crippen LogP contribution in [0.3, 0.4) is 0 Å². The van der Waals surface area contributed by atoms with Gasteiger partial charge in [0.2, 0.25) is 0 Å². The topological polar surface area (TPSA) is 12.0 Å². The maximum Gasteiger partial charge on any atom is 0.0264 e. The van der Waals surface area contributed by atoms with E-state index in [4.69, 9.17) is 0 Å². The monoisotopic (exact) mass is 175 g/mol. The van der Waals surface area contributed by atoms with Crippen LogP contribution in [0.15, 0.2) is 47.7 Å². The van der Waals surface area contributed by atoms with Gasteiger partial charge in [-0.3, -0.25) is 0 Å². The van der Waals surface area contributed by atoms with E-state index in [0.717, 1.165) is 12.1 Å². The van der Waals surface area contributed by atoms with Gasteiger partial charge in [0, 0.05) is 12.7 Å². The summed E-state index contributed by atoms with van der Waals surface area (Å²) in [7, 11) is 1.88. The van der Waals surface area contributed by atoms with E-state index < -0.39 is 0 Å². The first-order valence-electron chi connectivity index (χ1n) is 4.66. The molecule has 0 saturated carbocycles. The largest absolute Gasteiger partial charge is 0.389 e. The van der Waals surface area contributed by atoms with Gasteiger partial charge in [-0.25, -0.2) is 0 Å². The van der Waals surface area contributed by atoms with E-state index in [1.807, 2.05) is 13.1 Å². The molecule has 1 nitrogen and oxygen atoms in total. The average Bonchev–Trinajstić information content (AvgIpc) is 2.16. The molecule has 0 bridgehead atoms. The molecule has 0 aromatic carbocycles. The van der Waals surface area contributed by atoms with E-state index in [0.29, 0.717) is 0 Å². The highest BCUT2D eigenvalue weighted by Crippen LogP contribution is 2.19. The van der Waals surface area contributed by atoms with Gasteiger partial charge in [-0.15, -0.1) is 0 Å². The minimum Gasteiger partial charge on any atom is -0.389 e. The minimum absolute atomic E-state index is 0.944. The van der Waals surface area contributed by atoms with Gasteiger partial charge in [-0.2, -0.15) is 0 Å². The second-order valence-corrected chi connectivity index (χ2v) is 3.23. The Bertz CT molecular complexity index is 279. The lowest BCUT2D eigenvalue weighted by Crippen LogP contribution is -2.00. The van der Waals surface area contributed by atoms with Crippen LogP contribution in [0.5, 0.6) is 0 Å². The standard InChI is InChI=1S/C12H17N/c1-10-6-4-5-7-12(10)9-8-11(2)13-3/h6-9,13H,2,4-5H2,1,3H3/b9-8+. The second-order valence-electron chi connectivity index (χ2n) is 3.23. The Morgan fingerprint density at radius 1 is 1.46 bits per heavy atom. The summed E-state index contributed by atoms with van der Waals surface area (Å²) < 4.78 is 0. The molecule has 0 saturated heterocycles. The molecule has 1 aliphatic rings. The van der Waals surface area contributed by atoms with Crippen molar-refractivity contribution >= 4 is 0 Å². The third-order valence-electron chi connectivity index (χ3n) is 2.22. The summed E-state index contributed by atoms with van der Waals surface area (Å²) in [5.41, 5.74) is 3.63. The first kappa shape index (κ1) is 9.85. The molecule has 1 rings (SSSR count). The molecular formula is C12H17N. The predicted octanol–water partition coefficient (Wildman–Crippen LogP) is 2.94. The second kappa shape index (κ2) is 4.70. The quantitative estimate of drug-likeness (QED) is 0.650. The molecule has 0 spiro atoms. The molecule has 0 heterocycles. The molecule has 70 valence electrons. The van der Waals surface area contributed by atoms with Gasteiger partial charge in [0.05, 0.1) is 0 Å². The van der Waals surface area contributed by atoms with Crippen LogP contribution in [0, 0.1) is 0 Å². The van der Waals surface area contributed by atoms with Gasteiger partial charge >= 0.3 is 0 Å². The van der Waals surface area contributed by atoms with Gasteiger partial charge < -0.3 is 5.32 Å². The fraction of sp³-hybridized carbons (Fsp3) is 0.333. The van der Waals surface area contributed by atoms with E-state index in [1.54, 1.807) is 0 Å². The van der Waals surface area contributed by atoms with Crippen LogP contribution in [-0.4, -0.2) is 7.05 Å². The molecule has 0 aliphatic heterocycles. The number of allylic oxidation sites excluding steroid dienone is 6. The molecular weight excluding hydrogens is 158 g/mol. The van der Waals surface area contributed by atoms with Crippen LogP contribution >= 0.6 is 0 Å². The number of hydrogen-bond acceptors (Lipinski definition) is 1. The molecule has 0 unspecified atom stereocenters. The van der Waals surface area contributed by atoms with Crippen LogP contribution in [0.25, 0.3) is 0 Å². The Morgan fingerprint density at radius 3 is 2.77 bits per heavy atom. The molecule has 0 radical (unpaired) electrons. The SMILES string of the molecule is C=C(/C=C/C1=CCCC=C1C)NC. The van der Waals surface area contributed by atoms with E-state index in [9.17, 15) is 0 Å². The predicted molar refractivity (Wildman–Crippen MR) is 58.4 cm³/mol. The lowest BCUT2D eigenvalue weighted by atomic mass is 9.99. The highest BCUT2D eigenvalue weighted by molar-refractivity contribution is 5.42. The minimum atomic E-state index is 0.944. The lowest BCUT2D eigenvalue weighted by Gasteiger charge is -2.08. The molecule has 1 aliphatic carbocycles. The number of hydrogen-bond donors (Lipinski definition) is 1. The van der Waals surface area contributed by atoms with Crippen molar-refractivity contribution in [2.75, 3.05) is 7.05 Å². The van der Waals surface area contributed by atoms with Gasteiger partial charge in [-0.1, -0.05) is 24.8 Å². The Kier molecular flexibility index (Phi) is 3.56. The summed E-state index contributed by atoms with van der Waals surface area (Å²) in [6, 6.07) is 0. The fourth-order valence-electron chi connectivity index (χ4n) is 1.29. The highest BCUT2D eigenvalue weighted by atomic mass is 14.8. The van der Waals surface area contributed by atoms with Crippen molar-refractivity contribution in [1.29, 1.82) is 0 Å². The average molecular weight is 175 g/mol. The summed E-state index contributed by atoms with van der Waals surface area (Å²) in [5, 5.41) is 2.99. The Labute approximate surface area is 80.5 Å². The zero-order chi connectivity index (χ0) is 9.68. The summed E-state index contributed by atoms with van der Waals surface area (Å²) in [6.45, 7) is 5.99. The van der Waals surface area contributed by atoms with E-state index in [2.05, 4.69) is 37.0 Å². The van der Waals surface area contributed by atoms with Crippen LogP contribution in [0.4, 0.5) is 0 Å². The van der Waals surface area contributed by atoms with Gasteiger partial charge in [0.15, 0.2) is 0 Å². The van der Waals surface area contributed by atoms with Crippen LogP contribution in [0.2, 0.25) is 0 Å². The molecule has 0 atom stereocenters. The first-order chi connectivity index (χ1) is 6.24. The third kappa shape index (κ3) is 2.94. The fourth-order valence-corrected chi connectivity index (χ4v) is 1.29. The maximum absolute atomic E-state index is 3.84. The van der Waals surface area contributed by atoms with Crippen molar-refractivity contribution < 1.29 is 0 Å². The molecule has 13 heavy (non-hydrogen) atoms. The molecule has 0 amide bonds. The number of rotatable bonds is 3. The third-order valence-corrected chi connectivity index (χ3v) is 2.22. The van der Waals surface area contributed by atoms with E-state index >= 15 is 0 Å². The van der Waals surface area contributed by atoms with Crippen molar-refractivity contribution in [3.63, 3.8) is 0 Å². The molecule has 1 N–H and O–H groups in total. The first-order valence-corrected chi connectivity index (χ1v) is 4.66. The summed E-state index contributed by atoms with van der Waals surface area (Å²) in [6.07, 6.45) is 11.0. The molecule has 0 fully saturated rings. The number of nitrogens with one attached hydrogen (secondary N) is 1. The zero-order valence-electron chi connectivity index (χ0n) is 8.43. The summed E-state index contributed by atoms with van der Waals surface area (Å²) in [4.78, 5) is 0. The Hall–Kier alpha value is -1.24. The Morgan fingerprint density at radius 2 is 2.15 bits per heavy atom. The van der Waals surface area contributed by atoms with Crippen molar-refractivity contribution in [3.05, 3.63) is 47.7 Å². The zero-order valence-corrected chi connectivity index (χ0v) is 8.43. The van der Waals surface area contributed by atoms with Crippen molar-refractivity contribution in [3.8, 4) is 0 Å². The van der Waals surface area contributed by atoms with Crippen LogP contribution in [-0.2, 0) is 0 Å². The lowest BCUT2D eigenvalue weighted by molar-refractivity contribution is 0.999. The van der Waals surface area contributed by atoms with Gasteiger partial charge in [0.25, 0.3) is 0 Å². The number of likely N-dealkylation sites (N-methyl/N-ethyl adjacent to an activating group) is 1.